The SMILES string of the molecule is O=C(Cc1ccc(F)cc1)N/N=C1\CCS(=O)(=O)c2ccc(F)cc21. The molecule has 2 aromatic carbocycles. The predicted octanol–water partition coefficient (Wildman–Crippen LogP) is 2.21. The van der Waals surface area contributed by atoms with Gasteiger partial charge in [0, 0.05) is 12.0 Å². The van der Waals surface area contributed by atoms with Crippen LogP contribution < -0.4 is 5.43 Å². The molecule has 0 saturated heterocycles. The van der Waals surface area contributed by atoms with Gasteiger partial charge in [-0.2, -0.15) is 5.10 Å². The fraction of sp³-hybridized carbons (Fsp3) is 0.176. The molecule has 130 valence electrons. The van der Waals surface area contributed by atoms with E-state index in [2.05, 4.69) is 10.5 Å². The van der Waals surface area contributed by atoms with Crippen molar-refractivity contribution >= 4 is 21.5 Å². The van der Waals surface area contributed by atoms with Gasteiger partial charge in [-0.15, -0.1) is 0 Å². The van der Waals surface area contributed by atoms with Gasteiger partial charge < -0.3 is 0 Å². The van der Waals surface area contributed by atoms with Crippen molar-refractivity contribution < 1.29 is 22.0 Å². The van der Waals surface area contributed by atoms with E-state index in [4.69, 9.17) is 0 Å². The predicted molar refractivity (Wildman–Crippen MR) is 87.9 cm³/mol. The number of amides is 1. The summed E-state index contributed by atoms with van der Waals surface area (Å²) < 4.78 is 50.4. The highest BCUT2D eigenvalue weighted by Crippen LogP contribution is 2.26. The van der Waals surface area contributed by atoms with E-state index in [1.807, 2.05) is 0 Å². The molecule has 0 aromatic heterocycles. The number of hydrazone groups is 1. The molecule has 3 rings (SSSR count). The fourth-order valence-electron chi connectivity index (χ4n) is 2.55. The third-order valence-electron chi connectivity index (χ3n) is 3.79. The largest absolute Gasteiger partial charge is 0.273 e. The van der Waals surface area contributed by atoms with E-state index in [-0.39, 0.29) is 29.1 Å². The first-order valence-corrected chi connectivity index (χ1v) is 9.13. The molecule has 0 fully saturated rings. The lowest BCUT2D eigenvalue weighted by Crippen LogP contribution is -2.27. The standard InChI is InChI=1S/C17H14F2N2O3S/c18-12-3-1-11(2-4-12)9-17(22)21-20-15-7-8-25(23,24)16-6-5-13(19)10-14(15)16/h1-6,10H,7-9H2,(H,21,22)/b20-15+. The number of carbonyl (C=O) groups is 1. The number of nitrogens with zero attached hydrogens (tertiary/aromatic N) is 1. The molecule has 1 aliphatic rings. The van der Waals surface area contributed by atoms with Crippen LogP contribution in [0.3, 0.4) is 0 Å². The van der Waals surface area contributed by atoms with E-state index in [1.54, 1.807) is 0 Å². The number of halogens is 2. The summed E-state index contributed by atoms with van der Waals surface area (Å²) in [6, 6.07) is 8.84. The van der Waals surface area contributed by atoms with Crippen molar-refractivity contribution in [2.75, 3.05) is 5.75 Å². The Morgan fingerprint density at radius 1 is 1.08 bits per heavy atom. The molecule has 0 bridgehead atoms. The monoisotopic (exact) mass is 364 g/mol. The summed E-state index contributed by atoms with van der Waals surface area (Å²) >= 11 is 0. The Hall–Kier alpha value is -2.61. The molecule has 2 aromatic rings. The molecule has 5 nitrogen and oxygen atoms in total. The Morgan fingerprint density at radius 3 is 2.48 bits per heavy atom. The fourth-order valence-corrected chi connectivity index (χ4v) is 4.02. The second-order valence-corrected chi connectivity index (χ2v) is 7.68. The molecule has 0 aliphatic carbocycles. The van der Waals surface area contributed by atoms with E-state index < -0.39 is 27.4 Å². The van der Waals surface area contributed by atoms with Crippen molar-refractivity contribution in [3.63, 3.8) is 0 Å². The minimum absolute atomic E-state index is 0.00619. The number of fused-ring (bicyclic) bond motifs is 1. The molecule has 0 atom stereocenters. The highest BCUT2D eigenvalue weighted by atomic mass is 32.2. The van der Waals surface area contributed by atoms with Crippen LogP contribution in [0, 0.1) is 11.6 Å². The third-order valence-corrected chi connectivity index (χ3v) is 5.56. The molecule has 1 amide bonds. The second-order valence-electron chi connectivity index (χ2n) is 5.61. The van der Waals surface area contributed by atoms with Crippen LogP contribution in [0.4, 0.5) is 8.78 Å². The highest BCUT2D eigenvalue weighted by Gasteiger charge is 2.28. The minimum Gasteiger partial charge on any atom is -0.273 e. The molecule has 1 N–H and O–H groups in total. The van der Waals surface area contributed by atoms with Gasteiger partial charge in [-0.3, -0.25) is 4.79 Å². The lowest BCUT2D eigenvalue weighted by Gasteiger charge is -2.18. The molecular formula is C17H14F2N2O3S. The number of rotatable bonds is 3. The Labute approximate surface area is 143 Å². The van der Waals surface area contributed by atoms with Crippen molar-refractivity contribution in [1.82, 2.24) is 5.43 Å². The number of sulfone groups is 1. The molecule has 0 spiro atoms. The molecular weight excluding hydrogens is 350 g/mol. The average molecular weight is 364 g/mol. The minimum atomic E-state index is -3.48. The van der Waals surface area contributed by atoms with Gasteiger partial charge >= 0.3 is 0 Å². The Kier molecular flexibility index (Phi) is 4.63. The molecule has 0 saturated carbocycles. The molecule has 1 heterocycles. The van der Waals surface area contributed by atoms with Crippen molar-refractivity contribution in [2.24, 2.45) is 5.10 Å². The van der Waals surface area contributed by atoms with Crippen LogP contribution in [0.2, 0.25) is 0 Å². The number of hydrogen-bond donors (Lipinski definition) is 1. The molecule has 8 heteroatoms. The third kappa shape index (κ3) is 3.90. The smallest absolute Gasteiger partial charge is 0.244 e. The first-order valence-electron chi connectivity index (χ1n) is 7.48. The van der Waals surface area contributed by atoms with E-state index >= 15 is 0 Å². The van der Waals surface area contributed by atoms with Gasteiger partial charge in [-0.25, -0.2) is 22.6 Å². The first-order chi connectivity index (χ1) is 11.8. The maximum absolute atomic E-state index is 13.5. The lowest BCUT2D eigenvalue weighted by molar-refractivity contribution is -0.120. The van der Waals surface area contributed by atoms with E-state index in [0.717, 1.165) is 12.1 Å². The van der Waals surface area contributed by atoms with Gasteiger partial charge in [0.05, 0.1) is 22.8 Å². The zero-order valence-electron chi connectivity index (χ0n) is 13.0. The summed E-state index contributed by atoms with van der Waals surface area (Å²) in [7, 11) is -3.48. The number of nitrogens with one attached hydrogen (secondary N) is 1. The lowest BCUT2D eigenvalue weighted by atomic mass is 10.1. The first kappa shape index (κ1) is 17.2. The van der Waals surface area contributed by atoms with Gasteiger partial charge in [0.25, 0.3) is 0 Å². The highest BCUT2D eigenvalue weighted by molar-refractivity contribution is 7.91. The van der Waals surface area contributed by atoms with E-state index in [9.17, 15) is 22.0 Å². The Bertz CT molecular complexity index is 954. The average Bonchev–Trinajstić information content (AvgIpc) is 2.56. The van der Waals surface area contributed by atoms with Gasteiger partial charge in [-0.1, -0.05) is 12.1 Å². The summed E-state index contributed by atoms with van der Waals surface area (Å²) in [5, 5.41) is 3.96. The van der Waals surface area contributed by atoms with Gasteiger partial charge in [0.2, 0.25) is 5.91 Å². The normalized spacial score (nSPS) is 17.1. The summed E-state index contributed by atoms with van der Waals surface area (Å²) in [5.74, 6) is -1.57. The number of hydrogen-bond acceptors (Lipinski definition) is 4. The molecule has 1 aliphatic heterocycles. The molecule has 25 heavy (non-hydrogen) atoms. The van der Waals surface area contributed by atoms with Crippen LogP contribution in [-0.4, -0.2) is 25.8 Å². The van der Waals surface area contributed by atoms with Crippen LogP contribution in [-0.2, 0) is 21.1 Å². The maximum Gasteiger partial charge on any atom is 0.244 e. The zero-order valence-corrected chi connectivity index (χ0v) is 13.8. The summed E-state index contributed by atoms with van der Waals surface area (Å²) in [6.45, 7) is 0. The van der Waals surface area contributed by atoms with Crippen molar-refractivity contribution in [1.29, 1.82) is 0 Å². The van der Waals surface area contributed by atoms with Gasteiger partial charge in [0.1, 0.15) is 11.6 Å². The summed E-state index contributed by atoms with van der Waals surface area (Å²) in [5.41, 5.74) is 3.41. The zero-order chi connectivity index (χ0) is 18.0. The van der Waals surface area contributed by atoms with Crippen LogP contribution in [0.25, 0.3) is 0 Å². The van der Waals surface area contributed by atoms with Crippen molar-refractivity contribution in [3.8, 4) is 0 Å². The van der Waals surface area contributed by atoms with Gasteiger partial charge in [0.15, 0.2) is 9.84 Å². The van der Waals surface area contributed by atoms with Crippen molar-refractivity contribution in [2.45, 2.75) is 17.7 Å². The van der Waals surface area contributed by atoms with Gasteiger partial charge in [-0.05, 0) is 35.9 Å². The van der Waals surface area contributed by atoms with Crippen LogP contribution in [0.15, 0.2) is 52.5 Å². The Balaban J connectivity index is 1.79. The van der Waals surface area contributed by atoms with E-state index in [1.165, 1.54) is 30.3 Å². The summed E-state index contributed by atoms with van der Waals surface area (Å²) in [6.07, 6.45) is 0.0704. The van der Waals surface area contributed by atoms with Crippen molar-refractivity contribution in [3.05, 3.63) is 65.2 Å². The maximum atomic E-state index is 13.5. The second kappa shape index (κ2) is 6.72. The quantitative estimate of drug-likeness (QED) is 0.670. The Morgan fingerprint density at radius 2 is 1.76 bits per heavy atom. The van der Waals surface area contributed by atoms with Crippen LogP contribution >= 0.6 is 0 Å². The molecule has 0 unspecified atom stereocenters. The van der Waals surface area contributed by atoms with Crippen LogP contribution in [0.1, 0.15) is 17.5 Å². The topological polar surface area (TPSA) is 75.6 Å². The van der Waals surface area contributed by atoms with Crippen LogP contribution in [0.5, 0.6) is 0 Å². The number of carbonyl (C=O) groups excluding carboxylic acids is 1. The van der Waals surface area contributed by atoms with E-state index in [0.29, 0.717) is 11.3 Å². The summed E-state index contributed by atoms with van der Waals surface area (Å²) in [4.78, 5) is 11.9. The molecule has 0 radical (unpaired) electrons. The number of benzene rings is 2.